The molecule has 1 aliphatic heterocycles. The third-order valence-electron chi connectivity index (χ3n) is 1.67. The van der Waals surface area contributed by atoms with Crippen molar-refractivity contribution in [1.29, 1.82) is 0 Å². The van der Waals surface area contributed by atoms with Crippen LogP contribution in [0, 0.1) is 0 Å². The van der Waals surface area contributed by atoms with E-state index in [9.17, 15) is 0 Å². The van der Waals surface area contributed by atoms with Gasteiger partial charge in [0.05, 0.1) is 12.6 Å². The summed E-state index contributed by atoms with van der Waals surface area (Å²) in [6.07, 6.45) is 6.75. The average molecular weight is 190 g/mol. The fourth-order valence-electron chi connectivity index (χ4n) is 0.910. The first-order valence-electron chi connectivity index (χ1n) is 4.58. The molecule has 4 heteroatoms. The van der Waals surface area contributed by atoms with Gasteiger partial charge >= 0.3 is 0 Å². The molecule has 1 rings (SSSR count). The summed E-state index contributed by atoms with van der Waals surface area (Å²) in [6.45, 7) is 5.43. The van der Waals surface area contributed by atoms with Gasteiger partial charge in [-0.1, -0.05) is 5.73 Å². The zero-order chi connectivity index (χ0) is 10.2. The molecule has 1 heterocycles. The highest BCUT2D eigenvalue weighted by Gasteiger charge is 1.95. The van der Waals surface area contributed by atoms with Crippen LogP contribution in [-0.4, -0.2) is 37.0 Å². The number of nitrogens with zero attached hydrogens (tertiary/aromatic N) is 4. The van der Waals surface area contributed by atoms with Gasteiger partial charge in [-0.15, -0.1) is 0 Å². The van der Waals surface area contributed by atoms with E-state index in [1.54, 1.807) is 12.6 Å². The quantitative estimate of drug-likeness (QED) is 0.577. The molecular weight excluding hydrogens is 176 g/mol. The molecule has 0 aromatic rings. The minimum Gasteiger partial charge on any atom is -0.343 e. The number of hydrogen-bond donors (Lipinski definition) is 0. The second kappa shape index (κ2) is 5.89. The molecule has 1 aliphatic rings. The molecule has 0 amide bonds. The number of hydrogen-bond acceptors (Lipinski definition) is 4. The minimum absolute atomic E-state index is 0.598. The maximum atomic E-state index is 4.23. The average Bonchev–Trinajstić information content (AvgIpc) is 2.31. The first-order chi connectivity index (χ1) is 6.86. The van der Waals surface area contributed by atoms with E-state index in [4.69, 9.17) is 0 Å². The van der Waals surface area contributed by atoms with Gasteiger partial charge in [0, 0.05) is 6.54 Å². The predicted molar refractivity (Wildman–Crippen MR) is 60.0 cm³/mol. The Morgan fingerprint density at radius 2 is 2.50 bits per heavy atom. The van der Waals surface area contributed by atoms with Crippen molar-refractivity contribution in [1.82, 2.24) is 4.90 Å². The third kappa shape index (κ3) is 3.37. The van der Waals surface area contributed by atoms with Gasteiger partial charge in [0.25, 0.3) is 0 Å². The van der Waals surface area contributed by atoms with E-state index in [-0.39, 0.29) is 0 Å². The van der Waals surface area contributed by atoms with Crippen LogP contribution in [0.1, 0.15) is 13.8 Å². The Labute approximate surface area is 84.1 Å². The Morgan fingerprint density at radius 3 is 3.21 bits per heavy atom. The van der Waals surface area contributed by atoms with Gasteiger partial charge < -0.3 is 4.90 Å². The van der Waals surface area contributed by atoms with E-state index in [0.717, 1.165) is 6.54 Å². The van der Waals surface area contributed by atoms with Crippen molar-refractivity contribution in [2.75, 3.05) is 13.2 Å². The molecule has 14 heavy (non-hydrogen) atoms. The minimum atomic E-state index is 0.598. The fraction of sp³-hybridized carbons (Fsp3) is 0.400. The standard InChI is InChI=1S/C10H14N4/c1-3-5-10-6-11-7-12-8-14(4-2)9-13-10/h3,6-7,9H,4,8H2,1-2H3. The predicted octanol–water partition coefficient (Wildman–Crippen LogP) is 1.47. The van der Waals surface area contributed by atoms with Gasteiger partial charge in [0.2, 0.25) is 0 Å². The van der Waals surface area contributed by atoms with Crippen molar-refractivity contribution < 1.29 is 0 Å². The maximum absolute atomic E-state index is 4.23. The second-order valence-electron chi connectivity index (χ2n) is 2.69. The van der Waals surface area contributed by atoms with Crippen LogP contribution in [0.4, 0.5) is 0 Å². The molecular formula is C10H14N4. The first kappa shape index (κ1) is 10.4. The highest BCUT2D eigenvalue weighted by atomic mass is 15.2. The molecule has 0 aliphatic carbocycles. The van der Waals surface area contributed by atoms with E-state index in [0.29, 0.717) is 12.4 Å². The molecule has 4 nitrogen and oxygen atoms in total. The monoisotopic (exact) mass is 190 g/mol. The lowest BCUT2D eigenvalue weighted by Gasteiger charge is -2.12. The van der Waals surface area contributed by atoms with Crippen LogP contribution in [0.25, 0.3) is 0 Å². The zero-order valence-electron chi connectivity index (χ0n) is 8.51. The Kier molecular flexibility index (Phi) is 4.38. The summed E-state index contributed by atoms with van der Waals surface area (Å²) in [5.74, 6) is 0. The molecule has 0 N–H and O–H groups in total. The van der Waals surface area contributed by atoms with Crippen LogP contribution in [0.15, 0.2) is 32.5 Å². The molecule has 0 bridgehead atoms. The third-order valence-corrected chi connectivity index (χ3v) is 1.67. The Balaban J connectivity index is 2.89. The Bertz CT molecular complexity index is 319. The molecule has 0 saturated carbocycles. The summed E-state index contributed by atoms with van der Waals surface area (Å²) >= 11 is 0. The highest BCUT2D eigenvalue weighted by Crippen LogP contribution is 1.93. The molecule has 0 spiro atoms. The van der Waals surface area contributed by atoms with E-state index in [1.807, 2.05) is 17.9 Å². The lowest BCUT2D eigenvalue weighted by molar-refractivity contribution is 0.470. The van der Waals surface area contributed by atoms with Gasteiger partial charge in [-0.2, -0.15) is 0 Å². The van der Waals surface area contributed by atoms with Gasteiger partial charge in [-0.3, -0.25) is 4.99 Å². The maximum Gasteiger partial charge on any atom is 0.125 e. The van der Waals surface area contributed by atoms with Crippen molar-refractivity contribution in [3.05, 3.63) is 17.5 Å². The lowest BCUT2D eigenvalue weighted by atomic mass is 10.5. The molecule has 0 radical (unpaired) electrons. The van der Waals surface area contributed by atoms with Crippen molar-refractivity contribution in [3.8, 4) is 0 Å². The van der Waals surface area contributed by atoms with Gasteiger partial charge in [0.15, 0.2) is 0 Å². The van der Waals surface area contributed by atoms with E-state index in [1.165, 1.54) is 6.34 Å². The summed E-state index contributed by atoms with van der Waals surface area (Å²) in [5, 5.41) is 0. The Hall–Kier alpha value is -1.67. The van der Waals surface area contributed by atoms with Crippen LogP contribution in [0.5, 0.6) is 0 Å². The van der Waals surface area contributed by atoms with Gasteiger partial charge in [-0.25, -0.2) is 9.98 Å². The van der Waals surface area contributed by atoms with Crippen molar-refractivity contribution in [2.45, 2.75) is 13.8 Å². The van der Waals surface area contributed by atoms with Gasteiger partial charge in [0.1, 0.15) is 18.7 Å². The molecule has 0 atom stereocenters. The van der Waals surface area contributed by atoms with Crippen LogP contribution >= 0.6 is 0 Å². The second-order valence-corrected chi connectivity index (χ2v) is 2.69. The van der Waals surface area contributed by atoms with Crippen molar-refractivity contribution in [2.24, 2.45) is 15.0 Å². The molecule has 0 aromatic heterocycles. The highest BCUT2D eigenvalue weighted by molar-refractivity contribution is 5.86. The van der Waals surface area contributed by atoms with Crippen LogP contribution in [0.3, 0.4) is 0 Å². The summed E-state index contributed by atoms with van der Waals surface area (Å²) in [4.78, 5) is 14.3. The first-order valence-corrected chi connectivity index (χ1v) is 4.58. The Morgan fingerprint density at radius 1 is 1.64 bits per heavy atom. The topological polar surface area (TPSA) is 40.3 Å². The van der Waals surface area contributed by atoms with Crippen LogP contribution in [0.2, 0.25) is 0 Å². The molecule has 0 saturated heterocycles. The number of rotatable bonds is 1. The van der Waals surface area contributed by atoms with Crippen LogP contribution in [-0.2, 0) is 0 Å². The fourth-order valence-corrected chi connectivity index (χ4v) is 0.910. The van der Waals surface area contributed by atoms with Crippen molar-refractivity contribution >= 4 is 18.9 Å². The largest absolute Gasteiger partial charge is 0.343 e. The van der Waals surface area contributed by atoms with E-state index in [2.05, 4.69) is 27.6 Å². The zero-order valence-corrected chi connectivity index (χ0v) is 8.51. The summed E-state index contributed by atoms with van der Waals surface area (Å²) in [5.41, 5.74) is 3.69. The molecule has 74 valence electrons. The number of aliphatic imine (C=N–C) groups is 3. The van der Waals surface area contributed by atoms with Gasteiger partial charge in [-0.05, 0) is 19.9 Å². The SMILES string of the molecule is CC=C=C1C=NC=NCN(CC)C=N1. The summed E-state index contributed by atoms with van der Waals surface area (Å²) in [6, 6.07) is 0. The molecule has 0 aromatic carbocycles. The number of allylic oxidation sites excluding steroid dienone is 1. The summed E-state index contributed by atoms with van der Waals surface area (Å²) < 4.78 is 0. The van der Waals surface area contributed by atoms with E-state index >= 15 is 0 Å². The van der Waals surface area contributed by atoms with Crippen LogP contribution < -0.4 is 0 Å². The normalized spacial score (nSPS) is 15.9. The molecule has 0 fully saturated rings. The van der Waals surface area contributed by atoms with Crippen molar-refractivity contribution in [3.63, 3.8) is 0 Å². The summed E-state index contributed by atoms with van der Waals surface area (Å²) in [7, 11) is 0. The lowest BCUT2D eigenvalue weighted by Crippen LogP contribution is -2.21. The van der Waals surface area contributed by atoms with E-state index < -0.39 is 0 Å². The molecule has 0 unspecified atom stereocenters. The smallest absolute Gasteiger partial charge is 0.125 e.